The Morgan fingerprint density at radius 2 is 2.00 bits per heavy atom. The minimum absolute atomic E-state index is 0.259. The van der Waals surface area contributed by atoms with Crippen molar-refractivity contribution in [3.63, 3.8) is 0 Å². The van der Waals surface area contributed by atoms with Crippen LogP contribution in [-0.4, -0.2) is 25.4 Å². The molecule has 2 rings (SSSR count). The monoisotopic (exact) mass is 333 g/mol. The van der Waals surface area contributed by atoms with Gasteiger partial charge in [0.25, 0.3) is 0 Å². The third-order valence-corrected chi connectivity index (χ3v) is 5.28. The summed E-state index contributed by atoms with van der Waals surface area (Å²) in [5.41, 5.74) is 0.583. The van der Waals surface area contributed by atoms with Gasteiger partial charge in [-0.05, 0) is 25.1 Å². The van der Waals surface area contributed by atoms with Gasteiger partial charge in [-0.2, -0.15) is 0 Å². The van der Waals surface area contributed by atoms with Gasteiger partial charge in [0, 0.05) is 17.1 Å². The van der Waals surface area contributed by atoms with E-state index in [0.29, 0.717) is 32.9 Å². The molecule has 0 aliphatic rings. The summed E-state index contributed by atoms with van der Waals surface area (Å²) < 4.78 is 23.2. The zero-order chi connectivity index (χ0) is 14.9. The number of benzene rings is 1. The highest BCUT2D eigenvalue weighted by atomic mass is 35.5. The van der Waals surface area contributed by atoms with Gasteiger partial charge in [0.05, 0.1) is 29.6 Å². The highest BCUT2D eigenvalue weighted by Crippen LogP contribution is 2.44. The van der Waals surface area contributed by atoms with E-state index < -0.39 is 7.37 Å². The third-order valence-electron chi connectivity index (χ3n) is 2.80. The van der Waals surface area contributed by atoms with Gasteiger partial charge < -0.3 is 9.26 Å². The standard InChI is InChI=1S/C13H14Cl2NO3P/c1-4-19-20(3,17)12-7-9-10(15)5-8(14)6-11(9)16-13(12)18-2/h5-7H,4H2,1-3H3. The van der Waals surface area contributed by atoms with E-state index in [4.69, 9.17) is 32.5 Å². The number of nitrogens with zero attached hydrogens (tertiary/aromatic N) is 1. The van der Waals surface area contributed by atoms with Crippen LogP contribution in [0.3, 0.4) is 0 Å². The van der Waals surface area contributed by atoms with E-state index in [1.807, 2.05) is 0 Å². The summed E-state index contributed by atoms with van der Waals surface area (Å²) in [6, 6.07) is 4.98. The molecule has 0 saturated heterocycles. The number of pyridine rings is 1. The lowest BCUT2D eigenvalue weighted by Gasteiger charge is -2.16. The quantitative estimate of drug-likeness (QED) is 0.789. The van der Waals surface area contributed by atoms with Gasteiger partial charge >= 0.3 is 0 Å². The zero-order valence-corrected chi connectivity index (χ0v) is 13.7. The fraction of sp³-hybridized carbons (Fsp3) is 0.308. The maximum atomic E-state index is 12.6. The molecule has 0 fully saturated rings. The molecule has 1 atom stereocenters. The SMILES string of the molecule is CCOP(C)(=O)c1cc2c(Cl)cc(Cl)cc2nc1OC. The molecule has 0 N–H and O–H groups in total. The molecule has 1 heterocycles. The second-order valence-electron chi connectivity index (χ2n) is 4.23. The molecule has 7 heteroatoms. The first-order valence-electron chi connectivity index (χ1n) is 5.95. The number of halogens is 2. The summed E-state index contributed by atoms with van der Waals surface area (Å²) in [6.45, 7) is 3.65. The van der Waals surface area contributed by atoms with Crippen molar-refractivity contribution < 1.29 is 13.8 Å². The maximum Gasteiger partial charge on any atom is 0.234 e. The summed E-state index contributed by atoms with van der Waals surface area (Å²) in [5.74, 6) is 0.259. The van der Waals surface area contributed by atoms with Crippen LogP contribution >= 0.6 is 30.6 Å². The normalized spacial score (nSPS) is 14.2. The summed E-state index contributed by atoms with van der Waals surface area (Å²) in [6.07, 6.45) is 0. The number of methoxy groups -OCH3 is 1. The van der Waals surface area contributed by atoms with Gasteiger partial charge in [-0.3, -0.25) is 4.57 Å². The van der Waals surface area contributed by atoms with Crippen molar-refractivity contribution in [1.29, 1.82) is 0 Å². The first-order valence-corrected chi connectivity index (χ1v) is 8.78. The van der Waals surface area contributed by atoms with Gasteiger partial charge in [-0.25, -0.2) is 4.98 Å². The number of hydrogen-bond acceptors (Lipinski definition) is 4. The van der Waals surface area contributed by atoms with Crippen molar-refractivity contribution in [2.24, 2.45) is 0 Å². The molecule has 20 heavy (non-hydrogen) atoms. The van der Waals surface area contributed by atoms with Gasteiger partial charge in [0.15, 0.2) is 0 Å². The van der Waals surface area contributed by atoms with Crippen LogP contribution in [0.1, 0.15) is 6.92 Å². The fourth-order valence-electron chi connectivity index (χ4n) is 1.93. The summed E-state index contributed by atoms with van der Waals surface area (Å²) in [4.78, 5) is 4.32. The minimum Gasteiger partial charge on any atom is -0.480 e. The van der Waals surface area contributed by atoms with E-state index in [0.717, 1.165) is 0 Å². The van der Waals surface area contributed by atoms with Crippen molar-refractivity contribution in [2.75, 3.05) is 20.4 Å². The van der Waals surface area contributed by atoms with Crippen LogP contribution in [0.2, 0.25) is 10.0 Å². The Morgan fingerprint density at radius 1 is 1.30 bits per heavy atom. The van der Waals surface area contributed by atoms with Crippen LogP contribution in [0.15, 0.2) is 18.2 Å². The van der Waals surface area contributed by atoms with Gasteiger partial charge in [-0.1, -0.05) is 23.2 Å². The molecule has 0 aliphatic heterocycles. The Balaban J connectivity index is 2.75. The second-order valence-corrected chi connectivity index (χ2v) is 7.51. The van der Waals surface area contributed by atoms with Gasteiger partial charge in [0.1, 0.15) is 0 Å². The molecule has 2 aromatic rings. The van der Waals surface area contributed by atoms with Crippen molar-refractivity contribution in [2.45, 2.75) is 6.92 Å². The number of hydrogen-bond donors (Lipinski definition) is 0. The van der Waals surface area contributed by atoms with E-state index >= 15 is 0 Å². The van der Waals surface area contributed by atoms with Crippen molar-refractivity contribution in [3.05, 3.63) is 28.2 Å². The lowest BCUT2D eigenvalue weighted by atomic mass is 10.2. The van der Waals surface area contributed by atoms with E-state index in [1.165, 1.54) is 13.8 Å². The first-order chi connectivity index (χ1) is 9.39. The van der Waals surface area contributed by atoms with Crippen LogP contribution in [0.5, 0.6) is 5.88 Å². The number of ether oxygens (including phenoxy) is 1. The van der Waals surface area contributed by atoms with Crippen molar-refractivity contribution >= 4 is 46.8 Å². The van der Waals surface area contributed by atoms with E-state index in [9.17, 15) is 4.57 Å². The highest BCUT2D eigenvalue weighted by Gasteiger charge is 2.25. The molecule has 0 amide bonds. The van der Waals surface area contributed by atoms with Crippen LogP contribution in [0.25, 0.3) is 10.9 Å². The number of aromatic nitrogens is 1. The molecule has 1 unspecified atom stereocenters. The average molecular weight is 334 g/mol. The molecule has 0 aliphatic carbocycles. The number of rotatable bonds is 4. The largest absolute Gasteiger partial charge is 0.480 e. The topological polar surface area (TPSA) is 48.4 Å². The third kappa shape index (κ3) is 2.94. The molecule has 0 radical (unpaired) electrons. The van der Waals surface area contributed by atoms with Gasteiger partial charge in [0.2, 0.25) is 13.2 Å². The Morgan fingerprint density at radius 3 is 2.60 bits per heavy atom. The molecule has 0 bridgehead atoms. The fourth-order valence-corrected chi connectivity index (χ4v) is 3.95. The van der Waals surface area contributed by atoms with Crippen LogP contribution < -0.4 is 10.0 Å². The molecule has 0 spiro atoms. The molecular formula is C13H14Cl2NO3P. The van der Waals surface area contributed by atoms with Crippen LogP contribution in [0.4, 0.5) is 0 Å². The molecule has 1 aromatic carbocycles. The van der Waals surface area contributed by atoms with E-state index in [-0.39, 0.29) is 5.88 Å². The van der Waals surface area contributed by atoms with E-state index in [2.05, 4.69) is 4.98 Å². The lowest BCUT2D eigenvalue weighted by molar-refractivity contribution is 0.342. The molecule has 1 aromatic heterocycles. The lowest BCUT2D eigenvalue weighted by Crippen LogP contribution is -2.12. The smallest absolute Gasteiger partial charge is 0.234 e. The zero-order valence-electron chi connectivity index (χ0n) is 11.3. The first kappa shape index (κ1) is 15.6. The predicted octanol–water partition coefficient (Wildman–Crippen LogP) is 4.12. The Hall–Kier alpha value is -0.800. The highest BCUT2D eigenvalue weighted by molar-refractivity contribution is 7.66. The molecule has 108 valence electrons. The Bertz CT molecular complexity index is 706. The summed E-state index contributed by atoms with van der Waals surface area (Å²) >= 11 is 12.1. The van der Waals surface area contributed by atoms with Crippen LogP contribution in [0, 0.1) is 0 Å². The Labute approximate surface area is 127 Å². The van der Waals surface area contributed by atoms with Crippen molar-refractivity contribution in [1.82, 2.24) is 4.98 Å². The van der Waals surface area contributed by atoms with Crippen LogP contribution in [-0.2, 0) is 9.09 Å². The summed E-state index contributed by atoms with van der Waals surface area (Å²) in [5, 5.41) is 2.00. The average Bonchev–Trinajstić information content (AvgIpc) is 2.36. The Kier molecular flexibility index (Phi) is 4.60. The predicted molar refractivity (Wildman–Crippen MR) is 83.1 cm³/mol. The number of fused-ring (bicyclic) bond motifs is 1. The minimum atomic E-state index is -3.01. The van der Waals surface area contributed by atoms with Gasteiger partial charge in [-0.15, -0.1) is 0 Å². The summed E-state index contributed by atoms with van der Waals surface area (Å²) in [7, 11) is -1.55. The molecular weight excluding hydrogens is 320 g/mol. The van der Waals surface area contributed by atoms with Crippen molar-refractivity contribution in [3.8, 4) is 5.88 Å². The van der Waals surface area contributed by atoms with E-state index in [1.54, 1.807) is 25.1 Å². The maximum absolute atomic E-state index is 12.6. The molecule has 0 saturated carbocycles. The molecule has 4 nitrogen and oxygen atoms in total. The second kappa shape index (κ2) is 5.90.